The Bertz CT molecular complexity index is 978. The van der Waals surface area contributed by atoms with Crippen LogP contribution in [-0.4, -0.2) is 29.7 Å². The zero-order valence-corrected chi connectivity index (χ0v) is 19.8. The van der Waals surface area contributed by atoms with Gasteiger partial charge in [-0.3, -0.25) is 14.5 Å². The summed E-state index contributed by atoms with van der Waals surface area (Å²) in [4.78, 5) is 26.4. The maximum absolute atomic E-state index is 12.6. The molecule has 0 aromatic heterocycles. The van der Waals surface area contributed by atoms with Crippen molar-refractivity contribution in [3.05, 3.63) is 61.9 Å². The first kappa shape index (κ1) is 22.7. The molecule has 0 unspecified atom stereocenters. The smallest absolute Gasteiger partial charge is 0.293 e. The molecule has 1 saturated heterocycles. The van der Waals surface area contributed by atoms with Crippen LogP contribution in [-0.2, 0) is 11.4 Å². The number of rotatable bonds is 8. The average molecular weight is 511 g/mol. The number of nitrogens with zero attached hydrogens (tertiary/aromatic N) is 1. The van der Waals surface area contributed by atoms with E-state index in [1.807, 2.05) is 37.3 Å². The largest absolute Gasteiger partial charge is 0.493 e. The molecule has 5 nitrogen and oxygen atoms in total. The van der Waals surface area contributed by atoms with Crippen LogP contribution in [0.2, 0.25) is 5.02 Å². The number of carbonyl (C=O) groups excluding carboxylic acids is 2. The summed E-state index contributed by atoms with van der Waals surface area (Å²) in [7, 11) is 1.55. The summed E-state index contributed by atoms with van der Waals surface area (Å²) in [5.74, 6) is 0.826. The van der Waals surface area contributed by atoms with E-state index >= 15 is 0 Å². The normalized spacial score (nSPS) is 15.2. The molecule has 3 rings (SSSR count). The fourth-order valence-electron chi connectivity index (χ4n) is 2.86. The van der Waals surface area contributed by atoms with Crippen LogP contribution in [0, 0.1) is 0 Å². The van der Waals surface area contributed by atoms with E-state index in [2.05, 4.69) is 15.9 Å². The summed E-state index contributed by atoms with van der Waals surface area (Å²) >= 11 is 10.4. The number of halogens is 2. The van der Waals surface area contributed by atoms with Gasteiger partial charge in [-0.05, 0) is 75.6 Å². The number of methoxy groups -OCH3 is 1. The lowest BCUT2D eigenvalue weighted by molar-refractivity contribution is -0.122. The van der Waals surface area contributed by atoms with Crippen LogP contribution in [0.4, 0.5) is 4.79 Å². The third-order valence-electron chi connectivity index (χ3n) is 4.45. The van der Waals surface area contributed by atoms with Crippen molar-refractivity contribution in [2.24, 2.45) is 0 Å². The van der Waals surface area contributed by atoms with E-state index in [0.29, 0.717) is 39.1 Å². The lowest BCUT2D eigenvalue weighted by Crippen LogP contribution is -2.29. The molecule has 2 aromatic carbocycles. The molecule has 0 N–H and O–H groups in total. The van der Waals surface area contributed by atoms with Crippen molar-refractivity contribution in [3.63, 3.8) is 0 Å². The van der Waals surface area contributed by atoms with Crippen molar-refractivity contribution in [2.75, 3.05) is 13.7 Å². The van der Waals surface area contributed by atoms with Crippen molar-refractivity contribution in [1.82, 2.24) is 4.90 Å². The highest BCUT2D eigenvalue weighted by Gasteiger charge is 2.34. The predicted molar refractivity (Wildman–Crippen MR) is 124 cm³/mol. The van der Waals surface area contributed by atoms with Gasteiger partial charge in [0, 0.05) is 11.6 Å². The van der Waals surface area contributed by atoms with E-state index in [9.17, 15) is 9.59 Å². The fourth-order valence-corrected chi connectivity index (χ4v) is 4.42. The van der Waals surface area contributed by atoms with Gasteiger partial charge in [0.25, 0.3) is 11.1 Å². The van der Waals surface area contributed by atoms with E-state index < -0.39 is 0 Å². The Balaban J connectivity index is 1.79. The van der Waals surface area contributed by atoms with Crippen LogP contribution in [0.1, 0.15) is 30.9 Å². The highest BCUT2D eigenvalue weighted by Crippen LogP contribution is 2.39. The molecule has 0 atom stereocenters. The Morgan fingerprint density at radius 3 is 2.60 bits per heavy atom. The van der Waals surface area contributed by atoms with Crippen LogP contribution in [0.15, 0.2) is 45.8 Å². The minimum Gasteiger partial charge on any atom is -0.493 e. The van der Waals surface area contributed by atoms with E-state index in [1.165, 1.54) is 4.90 Å². The molecular weight excluding hydrogens is 490 g/mol. The maximum Gasteiger partial charge on any atom is 0.293 e. The summed E-state index contributed by atoms with van der Waals surface area (Å²) < 4.78 is 12.1. The molecule has 30 heavy (non-hydrogen) atoms. The minimum absolute atomic E-state index is 0.228. The van der Waals surface area contributed by atoms with Gasteiger partial charge in [-0.25, -0.2) is 0 Å². The van der Waals surface area contributed by atoms with Crippen LogP contribution in [0.5, 0.6) is 11.5 Å². The molecular formula is C22H21BrClNO4S. The van der Waals surface area contributed by atoms with Crippen LogP contribution < -0.4 is 9.47 Å². The molecule has 1 heterocycles. The van der Waals surface area contributed by atoms with Crippen molar-refractivity contribution in [3.8, 4) is 11.5 Å². The van der Waals surface area contributed by atoms with Gasteiger partial charge in [-0.2, -0.15) is 0 Å². The maximum atomic E-state index is 12.6. The van der Waals surface area contributed by atoms with Gasteiger partial charge in [0.15, 0.2) is 11.5 Å². The van der Waals surface area contributed by atoms with Gasteiger partial charge in [-0.15, -0.1) is 0 Å². The number of ether oxygens (including phenoxy) is 2. The average Bonchev–Trinajstić information content (AvgIpc) is 2.99. The van der Waals surface area contributed by atoms with Gasteiger partial charge in [0.1, 0.15) is 6.61 Å². The zero-order chi connectivity index (χ0) is 21.7. The second-order valence-electron chi connectivity index (χ2n) is 6.64. The van der Waals surface area contributed by atoms with Gasteiger partial charge in [-0.1, -0.05) is 37.1 Å². The van der Waals surface area contributed by atoms with Crippen LogP contribution in [0.3, 0.4) is 0 Å². The van der Waals surface area contributed by atoms with Crippen molar-refractivity contribution < 1.29 is 19.1 Å². The fraction of sp³-hybridized carbons (Fsp3) is 0.273. The molecule has 1 aliphatic heterocycles. The van der Waals surface area contributed by atoms with Gasteiger partial charge >= 0.3 is 0 Å². The molecule has 158 valence electrons. The summed E-state index contributed by atoms with van der Waals surface area (Å²) in [6, 6.07) is 11.0. The Kier molecular flexibility index (Phi) is 7.86. The first-order chi connectivity index (χ1) is 14.4. The lowest BCUT2D eigenvalue weighted by Gasteiger charge is -2.14. The molecule has 0 radical (unpaired) electrons. The number of hydrogen-bond acceptors (Lipinski definition) is 5. The van der Waals surface area contributed by atoms with E-state index in [0.717, 1.165) is 35.7 Å². The number of unbranched alkanes of at least 4 members (excludes halogenated alkanes) is 1. The topological polar surface area (TPSA) is 55.8 Å². The Morgan fingerprint density at radius 1 is 1.20 bits per heavy atom. The first-order valence-electron chi connectivity index (χ1n) is 9.43. The minimum atomic E-state index is -0.253. The van der Waals surface area contributed by atoms with Gasteiger partial charge in [0.2, 0.25) is 0 Å². The molecule has 8 heteroatoms. The highest BCUT2D eigenvalue weighted by molar-refractivity contribution is 9.10. The molecule has 2 amide bonds. The number of amides is 2. The zero-order valence-electron chi connectivity index (χ0n) is 16.6. The third-order valence-corrected chi connectivity index (χ3v) is 6.20. The number of thioether (sulfide) groups is 1. The van der Waals surface area contributed by atoms with Crippen molar-refractivity contribution in [2.45, 2.75) is 26.4 Å². The monoisotopic (exact) mass is 509 g/mol. The van der Waals surface area contributed by atoms with Gasteiger partial charge in [0.05, 0.1) is 16.5 Å². The molecule has 1 fully saturated rings. The molecule has 2 aromatic rings. The number of imide groups is 1. The second kappa shape index (κ2) is 10.4. The number of benzene rings is 2. The van der Waals surface area contributed by atoms with E-state index in [-0.39, 0.29) is 11.1 Å². The van der Waals surface area contributed by atoms with Crippen LogP contribution in [0.25, 0.3) is 6.08 Å². The highest BCUT2D eigenvalue weighted by atomic mass is 79.9. The molecule has 0 saturated carbocycles. The summed E-state index contributed by atoms with van der Waals surface area (Å²) in [5, 5.41) is 0.439. The van der Waals surface area contributed by atoms with E-state index in [1.54, 1.807) is 19.3 Å². The number of carbonyl (C=O) groups is 2. The first-order valence-corrected chi connectivity index (χ1v) is 11.4. The van der Waals surface area contributed by atoms with Crippen molar-refractivity contribution in [1.29, 1.82) is 0 Å². The molecule has 0 spiro atoms. The Morgan fingerprint density at radius 2 is 1.93 bits per heavy atom. The summed E-state index contributed by atoms with van der Waals surface area (Å²) in [6.07, 6.45) is 3.42. The quantitative estimate of drug-likeness (QED) is 0.378. The molecule has 0 aliphatic carbocycles. The van der Waals surface area contributed by atoms with E-state index in [4.69, 9.17) is 21.1 Å². The second-order valence-corrected chi connectivity index (χ2v) is 8.92. The van der Waals surface area contributed by atoms with Gasteiger partial charge < -0.3 is 9.47 Å². The number of hydrogen-bond donors (Lipinski definition) is 0. The predicted octanol–water partition coefficient (Wildman–Crippen LogP) is 6.53. The Hall–Kier alpha value is -1.96. The van der Waals surface area contributed by atoms with Crippen molar-refractivity contribution >= 4 is 56.5 Å². The molecule has 0 bridgehead atoms. The SMILES string of the molecule is CCCCN1C(=O)S/C(=C\c2cc(Br)c(OCc3ccc(Cl)cc3)c(OC)c2)C1=O. The Labute approximate surface area is 193 Å². The standard InChI is InChI=1S/C22H21BrClNO4S/c1-3-4-9-25-21(26)19(30-22(25)27)12-15-10-17(23)20(18(11-15)28-2)29-13-14-5-7-16(24)8-6-14/h5-8,10-12H,3-4,9,13H2,1-2H3/b19-12-. The molecule has 1 aliphatic rings. The van der Waals surface area contributed by atoms with Crippen LogP contribution >= 0.6 is 39.3 Å². The summed E-state index contributed by atoms with van der Waals surface area (Å²) in [6.45, 7) is 2.82. The lowest BCUT2D eigenvalue weighted by atomic mass is 10.1. The summed E-state index contributed by atoms with van der Waals surface area (Å²) in [5.41, 5.74) is 1.71. The third kappa shape index (κ3) is 5.39.